The van der Waals surface area contributed by atoms with Crippen molar-refractivity contribution < 1.29 is 14.7 Å². The molecule has 0 radical (unpaired) electrons. The number of oxime groups is 1. The van der Waals surface area contributed by atoms with Crippen LogP contribution in [0.3, 0.4) is 0 Å². The largest absolute Gasteiger partial charge is 0.456 e. The third-order valence-corrected chi connectivity index (χ3v) is 2.95. The first kappa shape index (κ1) is 15.8. The summed E-state index contributed by atoms with van der Waals surface area (Å²) in [6.07, 6.45) is 7.44. The summed E-state index contributed by atoms with van der Waals surface area (Å²) in [7, 11) is 0. The van der Waals surface area contributed by atoms with E-state index in [1.165, 1.54) is 0 Å². The van der Waals surface area contributed by atoms with Gasteiger partial charge in [0.2, 0.25) is 0 Å². The number of terminal acetylenes is 1. The molecular formula is C16H19NO3. The highest BCUT2D eigenvalue weighted by Crippen LogP contribution is 2.11. The van der Waals surface area contributed by atoms with Crippen LogP contribution in [0.4, 0.5) is 0 Å². The van der Waals surface area contributed by atoms with Crippen molar-refractivity contribution >= 4 is 11.7 Å². The van der Waals surface area contributed by atoms with Gasteiger partial charge >= 0.3 is 5.97 Å². The molecule has 0 aromatic heterocycles. The number of unbranched alkanes of at least 4 members (excludes halogenated alkanes) is 1. The van der Waals surface area contributed by atoms with Crippen molar-refractivity contribution in [2.75, 3.05) is 0 Å². The first-order valence-corrected chi connectivity index (χ1v) is 6.61. The molecule has 1 aromatic rings. The van der Waals surface area contributed by atoms with E-state index in [4.69, 9.17) is 16.4 Å². The zero-order valence-corrected chi connectivity index (χ0v) is 11.6. The van der Waals surface area contributed by atoms with Gasteiger partial charge in [0, 0.05) is 12.8 Å². The van der Waals surface area contributed by atoms with Gasteiger partial charge in [-0.15, -0.1) is 12.3 Å². The van der Waals surface area contributed by atoms with Crippen LogP contribution in [0.15, 0.2) is 29.4 Å². The molecule has 0 atom stereocenters. The van der Waals surface area contributed by atoms with E-state index in [2.05, 4.69) is 11.1 Å². The SMILES string of the molecule is C#CCCC/C(=N/O)C(=O)OCc1ccccc1CC. The minimum absolute atomic E-state index is 0.00855. The molecule has 4 nitrogen and oxygen atoms in total. The summed E-state index contributed by atoms with van der Waals surface area (Å²) in [6.45, 7) is 2.22. The van der Waals surface area contributed by atoms with Crippen molar-refractivity contribution in [1.29, 1.82) is 0 Å². The van der Waals surface area contributed by atoms with Crippen molar-refractivity contribution in [3.05, 3.63) is 35.4 Å². The number of rotatable bonds is 7. The summed E-state index contributed by atoms with van der Waals surface area (Å²) in [4.78, 5) is 11.8. The molecule has 0 saturated carbocycles. The van der Waals surface area contributed by atoms with Crippen LogP contribution >= 0.6 is 0 Å². The lowest BCUT2D eigenvalue weighted by Gasteiger charge is -2.09. The number of esters is 1. The van der Waals surface area contributed by atoms with E-state index in [9.17, 15) is 4.79 Å². The average molecular weight is 273 g/mol. The summed E-state index contributed by atoms with van der Waals surface area (Å²) in [6, 6.07) is 7.76. The average Bonchev–Trinajstić information content (AvgIpc) is 2.49. The van der Waals surface area contributed by atoms with Crippen molar-refractivity contribution in [1.82, 2.24) is 0 Å². The van der Waals surface area contributed by atoms with Gasteiger partial charge in [0.15, 0.2) is 5.71 Å². The second-order valence-electron chi connectivity index (χ2n) is 4.30. The van der Waals surface area contributed by atoms with Gasteiger partial charge in [-0.3, -0.25) is 0 Å². The van der Waals surface area contributed by atoms with Gasteiger partial charge < -0.3 is 9.94 Å². The fourth-order valence-electron chi connectivity index (χ4n) is 1.82. The fraction of sp³-hybridized carbons (Fsp3) is 0.375. The number of hydrogen-bond donors (Lipinski definition) is 1. The van der Waals surface area contributed by atoms with Crippen LogP contribution in [0.2, 0.25) is 0 Å². The highest BCUT2D eigenvalue weighted by atomic mass is 16.5. The molecule has 106 valence electrons. The summed E-state index contributed by atoms with van der Waals surface area (Å²) < 4.78 is 5.17. The summed E-state index contributed by atoms with van der Waals surface area (Å²) in [5, 5.41) is 11.8. The molecule has 0 heterocycles. The standard InChI is InChI=1S/C16H19NO3/c1-3-5-6-11-15(17-19)16(18)20-12-14-10-8-7-9-13(14)4-2/h1,7-10,19H,4-6,11-12H2,2H3/b17-15-. The van der Waals surface area contributed by atoms with Crippen molar-refractivity contribution in [2.45, 2.75) is 39.2 Å². The normalized spacial score (nSPS) is 10.9. The number of hydrogen-bond acceptors (Lipinski definition) is 4. The van der Waals surface area contributed by atoms with Crippen LogP contribution in [0.25, 0.3) is 0 Å². The molecule has 20 heavy (non-hydrogen) atoms. The van der Waals surface area contributed by atoms with Gasteiger partial charge in [0.25, 0.3) is 0 Å². The molecule has 0 aliphatic heterocycles. The Morgan fingerprint density at radius 1 is 1.40 bits per heavy atom. The van der Waals surface area contributed by atoms with E-state index in [1.807, 2.05) is 31.2 Å². The predicted molar refractivity (Wildman–Crippen MR) is 77.5 cm³/mol. The molecule has 0 fully saturated rings. The Morgan fingerprint density at radius 3 is 2.70 bits per heavy atom. The maximum absolute atomic E-state index is 11.8. The zero-order chi connectivity index (χ0) is 14.8. The minimum atomic E-state index is -0.601. The highest BCUT2D eigenvalue weighted by molar-refractivity contribution is 6.36. The van der Waals surface area contributed by atoms with Gasteiger partial charge in [0.05, 0.1) is 0 Å². The summed E-state index contributed by atoms with van der Waals surface area (Å²) in [5.41, 5.74) is 2.11. The van der Waals surface area contributed by atoms with Crippen LogP contribution in [-0.2, 0) is 22.6 Å². The molecular weight excluding hydrogens is 254 g/mol. The molecule has 1 N–H and O–H groups in total. The Morgan fingerprint density at radius 2 is 2.10 bits per heavy atom. The highest BCUT2D eigenvalue weighted by Gasteiger charge is 2.14. The second-order valence-corrected chi connectivity index (χ2v) is 4.30. The maximum atomic E-state index is 11.8. The van der Waals surface area contributed by atoms with Gasteiger partial charge in [-0.25, -0.2) is 4.79 Å². The fourth-order valence-corrected chi connectivity index (χ4v) is 1.82. The maximum Gasteiger partial charge on any atom is 0.356 e. The Balaban J connectivity index is 2.55. The Bertz CT molecular complexity index is 515. The molecule has 1 rings (SSSR count). The topological polar surface area (TPSA) is 58.9 Å². The van der Waals surface area contributed by atoms with Gasteiger partial charge in [-0.1, -0.05) is 36.3 Å². The third-order valence-electron chi connectivity index (χ3n) is 2.95. The molecule has 0 amide bonds. The van der Waals surface area contributed by atoms with E-state index < -0.39 is 5.97 Å². The first-order valence-electron chi connectivity index (χ1n) is 6.61. The summed E-state index contributed by atoms with van der Waals surface area (Å²) in [5.74, 6) is 1.87. The monoisotopic (exact) mass is 273 g/mol. The number of aryl methyl sites for hydroxylation is 1. The van der Waals surface area contributed by atoms with Crippen molar-refractivity contribution in [3.8, 4) is 12.3 Å². The Labute approximate surface area is 119 Å². The second kappa shape index (κ2) is 8.76. The Hall–Kier alpha value is -2.28. The quantitative estimate of drug-likeness (QED) is 0.207. The number of carbonyl (C=O) groups excluding carboxylic acids is 1. The first-order chi connectivity index (χ1) is 9.72. The minimum Gasteiger partial charge on any atom is -0.456 e. The molecule has 4 heteroatoms. The molecule has 0 aliphatic rings. The number of nitrogens with zero attached hydrogens (tertiary/aromatic N) is 1. The molecule has 0 unspecified atom stereocenters. The van der Waals surface area contributed by atoms with Gasteiger partial charge in [-0.05, 0) is 24.0 Å². The number of benzene rings is 1. The molecule has 1 aromatic carbocycles. The predicted octanol–water partition coefficient (Wildman–Crippen LogP) is 2.93. The van der Waals surface area contributed by atoms with Gasteiger partial charge in [-0.2, -0.15) is 0 Å². The molecule has 0 saturated heterocycles. The van der Waals surface area contributed by atoms with Gasteiger partial charge in [0.1, 0.15) is 6.61 Å². The number of carbonyl (C=O) groups is 1. The molecule has 0 aliphatic carbocycles. The lowest BCUT2D eigenvalue weighted by atomic mass is 10.1. The van der Waals surface area contributed by atoms with E-state index in [0.29, 0.717) is 19.3 Å². The van der Waals surface area contributed by atoms with Crippen LogP contribution in [0.5, 0.6) is 0 Å². The van der Waals surface area contributed by atoms with E-state index in [-0.39, 0.29) is 12.3 Å². The zero-order valence-electron chi connectivity index (χ0n) is 11.6. The van der Waals surface area contributed by atoms with Crippen LogP contribution in [0, 0.1) is 12.3 Å². The lowest BCUT2D eigenvalue weighted by Crippen LogP contribution is -2.18. The molecule has 0 spiro atoms. The lowest BCUT2D eigenvalue weighted by molar-refractivity contribution is -0.137. The van der Waals surface area contributed by atoms with Crippen molar-refractivity contribution in [2.24, 2.45) is 5.16 Å². The number of ether oxygens (including phenoxy) is 1. The Kier molecular flexibility index (Phi) is 6.91. The van der Waals surface area contributed by atoms with E-state index >= 15 is 0 Å². The van der Waals surface area contributed by atoms with E-state index in [1.54, 1.807) is 0 Å². The van der Waals surface area contributed by atoms with Crippen LogP contribution in [0.1, 0.15) is 37.3 Å². The summed E-state index contributed by atoms with van der Waals surface area (Å²) >= 11 is 0. The molecule has 0 bridgehead atoms. The van der Waals surface area contributed by atoms with Crippen LogP contribution < -0.4 is 0 Å². The van der Waals surface area contributed by atoms with Crippen LogP contribution in [-0.4, -0.2) is 16.9 Å². The smallest absolute Gasteiger partial charge is 0.356 e. The third kappa shape index (κ3) is 4.77. The van der Waals surface area contributed by atoms with E-state index in [0.717, 1.165) is 17.5 Å². The van der Waals surface area contributed by atoms with Crippen molar-refractivity contribution in [3.63, 3.8) is 0 Å².